The van der Waals surface area contributed by atoms with Crippen molar-refractivity contribution in [3.8, 4) is 0 Å². The highest BCUT2D eigenvalue weighted by atomic mass is 32.1. The van der Waals surface area contributed by atoms with Gasteiger partial charge in [0.2, 0.25) is 0 Å². The van der Waals surface area contributed by atoms with Crippen LogP contribution in [0.5, 0.6) is 0 Å². The number of nitrogens with zero attached hydrogens (tertiary/aromatic N) is 3. The quantitative estimate of drug-likeness (QED) is 0.867. The Hall–Kier alpha value is -0.980. The number of carbonyl (C=O) groups is 1. The summed E-state index contributed by atoms with van der Waals surface area (Å²) in [4.78, 5) is 20.8. The highest BCUT2D eigenvalue weighted by Gasteiger charge is 2.26. The monoisotopic (exact) mass is 268 g/mol. The van der Waals surface area contributed by atoms with Gasteiger partial charge in [0.1, 0.15) is 10.7 Å². The summed E-state index contributed by atoms with van der Waals surface area (Å²) in [6, 6.07) is 0.289. The molecule has 2 rings (SSSR count). The maximum atomic E-state index is 12.3. The van der Waals surface area contributed by atoms with Gasteiger partial charge in [-0.25, -0.2) is 4.98 Å². The number of piperazine rings is 1. The summed E-state index contributed by atoms with van der Waals surface area (Å²) in [6.45, 7) is 6.46. The van der Waals surface area contributed by atoms with Gasteiger partial charge in [-0.3, -0.25) is 4.79 Å². The van der Waals surface area contributed by atoms with Crippen molar-refractivity contribution in [1.82, 2.24) is 14.8 Å². The molecule has 2 heterocycles. The smallest absolute Gasteiger partial charge is 0.273 e. The second-order valence-electron chi connectivity index (χ2n) is 4.94. The van der Waals surface area contributed by atoms with E-state index >= 15 is 0 Å². The number of rotatable bonds is 2. The Labute approximate surface area is 112 Å². The number of likely N-dealkylation sites (N-methyl/N-ethyl adjacent to an activating group) is 1. The zero-order valence-electron chi connectivity index (χ0n) is 11.1. The first-order valence-electron chi connectivity index (χ1n) is 6.19. The Bertz CT molecular complexity index is 431. The molecule has 1 aliphatic heterocycles. The zero-order chi connectivity index (χ0) is 13.3. The van der Waals surface area contributed by atoms with E-state index in [1.54, 1.807) is 0 Å². The van der Waals surface area contributed by atoms with Crippen molar-refractivity contribution < 1.29 is 4.79 Å². The molecule has 6 heteroatoms. The molecule has 1 fully saturated rings. The van der Waals surface area contributed by atoms with Crippen LogP contribution >= 0.6 is 11.3 Å². The lowest BCUT2D eigenvalue weighted by Crippen LogP contribution is -2.52. The SMILES string of the molecule is CC(N)c1nc(C(=O)N2CCN(C)C(C)C2)cs1. The fraction of sp³-hybridized carbons (Fsp3) is 0.667. The molecule has 2 atom stereocenters. The highest BCUT2D eigenvalue weighted by molar-refractivity contribution is 7.09. The van der Waals surface area contributed by atoms with Crippen molar-refractivity contribution in [3.63, 3.8) is 0 Å². The number of nitrogens with two attached hydrogens (primary N) is 1. The molecule has 0 aromatic carbocycles. The van der Waals surface area contributed by atoms with Crippen LogP contribution in [0.4, 0.5) is 0 Å². The summed E-state index contributed by atoms with van der Waals surface area (Å²) in [6.07, 6.45) is 0. The molecule has 1 saturated heterocycles. The van der Waals surface area contributed by atoms with E-state index in [1.807, 2.05) is 17.2 Å². The molecule has 100 valence electrons. The van der Waals surface area contributed by atoms with E-state index in [9.17, 15) is 4.79 Å². The van der Waals surface area contributed by atoms with Gasteiger partial charge in [0, 0.05) is 31.1 Å². The normalized spacial score (nSPS) is 23.1. The van der Waals surface area contributed by atoms with Crippen LogP contribution in [0.2, 0.25) is 0 Å². The average molecular weight is 268 g/mol. The number of carbonyl (C=O) groups excluding carboxylic acids is 1. The molecule has 0 saturated carbocycles. The molecule has 2 unspecified atom stereocenters. The van der Waals surface area contributed by atoms with E-state index in [1.165, 1.54) is 11.3 Å². The first-order valence-corrected chi connectivity index (χ1v) is 7.07. The van der Waals surface area contributed by atoms with Crippen LogP contribution in [0.1, 0.15) is 35.4 Å². The van der Waals surface area contributed by atoms with E-state index in [-0.39, 0.29) is 11.9 Å². The third-order valence-corrected chi connectivity index (χ3v) is 4.42. The van der Waals surface area contributed by atoms with Crippen molar-refractivity contribution >= 4 is 17.2 Å². The summed E-state index contributed by atoms with van der Waals surface area (Å²) < 4.78 is 0. The van der Waals surface area contributed by atoms with Gasteiger partial charge in [-0.05, 0) is 20.9 Å². The van der Waals surface area contributed by atoms with Crippen LogP contribution < -0.4 is 5.73 Å². The predicted octanol–water partition coefficient (Wildman–Crippen LogP) is 0.939. The molecule has 0 aliphatic carbocycles. The molecule has 0 radical (unpaired) electrons. The molecule has 1 aromatic heterocycles. The van der Waals surface area contributed by atoms with E-state index in [4.69, 9.17) is 5.73 Å². The minimum Gasteiger partial charge on any atom is -0.334 e. The number of aromatic nitrogens is 1. The van der Waals surface area contributed by atoms with Crippen molar-refractivity contribution in [1.29, 1.82) is 0 Å². The second-order valence-corrected chi connectivity index (χ2v) is 5.83. The summed E-state index contributed by atoms with van der Waals surface area (Å²) in [7, 11) is 2.09. The summed E-state index contributed by atoms with van der Waals surface area (Å²) >= 11 is 1.46. The lowest BCUT2D eigenvalue weighted by Gasteiger charge is -2.37. The van der Waals surface area contributed by atoms with Crippen LogP contribution in [-0.2, 0) is 0 Å². The molecule has 1 amide bonds. The fourth-order valence-electron chi connectivity index (χ4n) is 1.99. The van der Waals surface area contributed by atoms with E-state index in [0.29, 0.717) is 11.7 Å². The third kappa shape index (κ3) is 2.71. The summed E-state index contributed by atoms with van der Waals surface area (Å²) in [5, 5.41) is 2.63. The molecule has 0 spiro atoms. The van der Waals surface area contributed by atoms with Gasteiger partial charge in [-0.2, -0.15) is 0 Å². The van der Waals surface area contributed by atoms with Crippen LogP contribution in [0.3, 0.4) is 0 Å². The summed E-state index contributed by atoms with van der Waals surface area (Å²) in [5.74, 6) is 0.0260. The first kappa shape index (κ1) is 13.5. The van der Waals surface area contributed by atoms with Gasteiger partial charge in [0.05, 0.1) is 6.04 Å². The Balaban J connectivity index is 2.06. The molecule has 5 nitrogen and oxygen atoms in total. The van der Waals surface area contributed by atoms with Gasteiger partial charge in [-0.1, -0.05) is 0 Å². The van der Waals surface area contributed by atoms with Crippen LogP contribution in [0.25, 0.3) is 0 Å². The second kappa shape index (κ2) is 5.34. The standard InChI is InChI=1S/C12H20N4OS/c1-8-6-16(5-4-15(8)3)12(17)10-7-18-11(14-10)9(2)13/h7-9H,4-6,13H2,1-3H3. The van der Waals surface area contributed by atoms with E-state index in [2.05, 4.69) is 23.9 Å². The van der Waals surface area contributed by atoms with Crippen molar-refractivity contribution in [2.45, 2.75) is 25.9 Å². The number of hydrogen-bond acceptors (Lipinski definition) is 5. The van der Waals surface area contributed by atoms with Crippen molar-refractivity contribution in [3.05, 3.63) is 16.1 Å². The Kier molecular flexibility index (Phi) is 3.99. The first-order chi connectivity index (χ1) is 8.49. The van der Waals surface area contributed by atoms with Crippen LogP contribution in [-0.4, -0.2) is 53.4 Å². The minimum absolute atomic E-state index is 0.0260. The van der Waals surface area contributed by atoms with Gasteiger partial charge in [0.15, 0.2) is 0 Å². The molecule has 1 aliphatic rings. The molecular formula is C12H20N4OS. The van der Waals surface area contributed by atoms with Crippen LogP contribution in [0.15, 0.2) is 5.38 Å². The molecule has 18 heavy (non-hydrogen) atoms. The third-order valence-electron chi connectivity index (χ3n) is 3.38. The van der Waals surface area contributed by atoms with Gasteiger partial charge >= 0.3 is 0 Å². The van der Waals surface area contributed by atoms with Crippen molar-refractivity contribution in [2.24, 2.45) is 5.73 Å². The minimum atomic E-state index is -0.108. The largest absolute Gasteiger partial charge is 0.334 e. The topological polar surface area (TPSA) is 62.5 Å². The van der Waals surface area contributed by atoms with Crippen LogP contribution in [0, 0.1) is 0 Å². The Morgan fingerprint density at radius 2 is 2.33 bits per heavy atom. The maximum Gasteiger partial charge on any atom is 0.273 e. The molecule has 1 aromatic rings. The average Bonchev–Trinajstić information content (AvgIpc) is 2.81. The molecular weight excluding hydrogens is 248 g/mol. The number of hydrogen-bond donors (Lipinski definition) is 1. The number of thiazole rings is 1. The highest BCUT2D eigenvalue weighted by Crippen LogP contribution is 2.18. The van der Waals surface area contributed by atoms with Gasteiger partial charge in [0.25, 0.3) is 5.91 Å². The summed E-state index contributed by atoms with van der Waals surface area (Å²) in [5.41, 5.74) is 6.29. The fourth-order valence-corrected chi connectivity index (χ4v) is 2.74. The molecule has 0 bridgehead atoms. The number of amides is 1. The van der Waals surface area contributed by atoms with E-state index in [0.717, 1.165) is 24.6 Å². The van der Waals surface area contributed by atoms with Crippen molar-refractivity contribution in [2.75, 3.05) is 26.7 Å². The molecule has 2 N–H and O–H groups in total. The lowest BCUT2D eigenvalue weighted by molar-refractivity contribution is 0.0567. The maximum absolute atomic E-state index is 12.3. The van der Waals surface area contributed by atoms with Gasteiger partial charge < -0.3 is 15.5 Å². The zero-order valence-corrected chi connectivity index (χ0v) is 11.9. The predicted molar refractivity (Wildman–Crippen MR) is 72.7 cm³/mol. The van der Waals surface area contributed by atoms with Gasteiger partial charge in [-0.15, -0.1) is 11.3 Å². The Morgan fingerprint density at radius 1 is 1.61 bits per heavy atom. The lowest BCUT2D eigenvalue weighted by atomic mass is 10.2. The Morgan fingerprint density at radius 3 is 2.89 bits per heavy atom. The van der Waals surface area contributed by atoms with E-state index < -0.39 is 0 Å².